The summed E-state index contributed by atoms with van der Waals surface area (Å²) in [5, 5.41) is 0. The van der Waals surface area contributed by atoms with Gasteiger partial charge in [-0.05, 0) is 70.6 Å². The van der Waals surface area contributed by atoms with E-state index in [1.165, 1.54) is 167 Å². The molecule has 0 aliphatic heterocycles. The molecule has 0 aromatic rings. The largest absolute Gasteiger partial charge is 0.462 e. The zero-order valence-electron chi connectivity index (χ0n) is 38.8. The molecule has 6 heteroatoms. The van der Waals surface area contributed by atoms with Gasteiger partial charge in [0.2, 0.25) is 0 Å². The molecule has 6 nitrogen and oxygen atoms in total. The molecule has 0 rings (SSSR count). The molecule has 0 aromatic heterocycles. The average Bonchev–Trinajstić information content (AvgIpc) is 3.22. The highest BCUT2D eigenvalue weighted by atomic mass is 16.6. The lowest BCUT2D eigenvalue weighted by Crippen LogP contribution is -2.30. The number of hydrogen-bond acceptors (Lipinski definition) is 6. The highest BCUT2D eigenvalue weighted by molar-refractivity contribution is 5.71. The Kier molecular flexibility index (Phi) is 45.8. The maximum atomic E-state index is 12.7. The molecule has 0 heterocycles. The molecule has 58 heavy (non-hydrogen) atoms. The number of unbranched alkanes of at least 4 members (excludes halogenated alkanes) is 31. The molecule has 0 radical (unpaired) electrons. The number of ether oxygens (including phenoxy) is 3. The summed E-state index contributed by atoms with van der Waals surface area (Å²) in [6, 6.07) is 0. The van der Waals surface area contributed by atoms with Crippen molar-refractivity contribution in [2.45, 2.75) is 277 Å². The minimum atomic E-state index is -0.769. The third-order valence-corrected chi connectivity index (χ3v) is 11.2. The molecule has 0 saturated heterocycles. The second kappa shape index (κ2) is 47.6. The Morgan fingerprint density at radius 3 is 0.879 bits per heavy atom. The first-order chi connectivity index (χ1) is 28.5. The lowest BCUT2D eigenvalue weighted by molar-refractivity contribution is -0.167. The van der Waals surface area contributed by atoms with Crippen molar-refractivity contribution < 1.29 is 28.6 Å². The van der Waals surface area contributed by atoms with Crippen LogP contribution in [0.2, 0.25) is 0 Å². The SMILES string of the molecule is CCCCCC/C=C\CCCCCCCC(=O)OC(COC(=O)CCCCCCCC)COC(=O)CCCCCCCCCCC/C=C\CCCCCCCCCC. The van der Waals surface area contributed by atoms with E-state index in [9.17, 15) is 14.4 Å². The van der Waals surface area contributed by atoms with Crippen LogP contribution in [-0.4, -0.2) is 37.2 Å². The number of allylic oxidation sites excluding steroid dienone is 4. The molecular formula is C52H96O6. The average molecular weight is 817 g/mol. The summed E-state index contributed by atoms with van der Waals surface area (Å²) in [6.45, 7) is 6.57. The van der Waals surface area contributed by atoms with Crippen LogP contribution in [0.25, 0.3) is 0 Å². The Morgan fingerprint density at radius 2 is 0.569 bits per heavy atom. The van der Waals surface area contributed by atoms with E-state index in [1.54, 1.807) is 0 Å². The number of hydrogen-bond donors (Lipinski definition) is 0. The molecule has 0 amide bonds. The van der Waals surface area contributed by atoms with E-state index in [0.29, 0.717) is 19.3 Å². The van der Waals surface area contributed by atoms with Crippen LogP contribution in [-0.2, 0) is 28.6 Å². The van der Waals surface area contributed by atoms with Crippen molar-refractivity contribution >= 4 is 17.9 Å². The molecule has 0 N–H and O–H groups in total. The van der Waals surface area contributed by atoms with Gasteiger partial charge in [0.05, 0.1) is 0 Å². The molecule has 0 aliphatic rings. The van der Waals surface area contributed by atoms with Gasteiger partial charge in [-0.25, -0.2) is 0 Å². The highest BCUT2D eigenvalue weighted by Gasteiger charge is 2.19. The Balaban J connectivity index is 4.15. The first-order valence-electron chi connectivity index (χ1n) is 25.3. The van der Waals surface area contributed by atoms with Crippen LogP contribution >= 0.6 is 0 Å². The molecule has 1 atom stereocenters. The number of carbonyl (C=O) groups is 3. The van der Waals surface area contributed by atoms with Crippen molar-refractivity contribution in [2.24, 2.45) is 0 Å². The van der Waals surface area contributed by atoms with Gasteiger partial charge in [0.1, 0.15) is 13.2 Å². The maximum absolute atomic E-state index is 12.7. The van der Waals surface area contributed by atoms with Crippen molar-refractivity contribution in [2.75, 3.05) is 13.2 Å². The lowest BCUT2D eigenvalue weighted by atomic mass is 10.1. The fraction of sp³-hybridized carbons (Fsp3) is 0.865. The zero-order chi connectivity index (χ0) is 42.3. The van der Waals surface area contributed by atoms with Gasteiger partial charge in [-0.3, -0.25) is 14.4 Å². The molecular weight excluding hydrogens is 721 g/mol. The van der Waals surface area contributed by atoms with E-state index in [0.717, 1.165) is 64.2 Å². The second-order valence-corrected chi connectivity index (χ2v) is 17.1. The molecule has 0 saturated carbocycles. The summed E-state index contributed by atoms with van der Waals surface area (Å²) >= 11 is 0. The zero-order valence-corrected chi connectivity index (χ0v) is 38.8. The van der Waals surface area contributed by atoms with E-state index < -0.39 is 6.10 Å². The Bertz CT molecular complexity index is 942. The third-order valence-electron chi connectivity index (χ3n) is 11.2. The highest BCUT2D eigenvalue weighted by Crippen LogP contribution is 2.15. The van der Waals surface area contributed by atoms with Gasteiger partial charge in [-0.1, -0.05) is 206 Å². The molecule has 0 bridgehead atoms. The van der Waals surface area contributed by atoms with Crippen molar-refractivity contribution in [1.29, 1.82) is 0 Å². The molecule has 0 aromatic carbocycles. The minimum Gasteiger partial charge on any atom is -0.462 e. The monoisotopic (exact) mass is 817 g/mol. The van der Waals surface area contributed by atoms with E-state index in [4.69, 9.17) is 14.2 Å². The number of esters is 3. The van der Waals surface area contributed by atoms with E-state index in [-0.39, 0.29) is 31.1 Å². The van der Waals surface area contributed by atoms with Gasteiger partial charge in [0, 0.05) is 19.3 Å². The van der Waals surface area contributed by atoms with Crippen LogP contribution in [0, 0.1) is 0 Å². The first kappa shape index (κ1) is 55.9. The summed E-state index contributed by atoms with van der Waals surface area (Å²) in [5.74, 6) is -0.885. The topological polar surface area (TPSA) is 78.9 Å². The minimum absolute atomic E-state index is 0.0734. The fourth-order valence-electron chi connectivity index (χ4n) is 7.31. The normalized spacial score (nSPS) is 12.1. The van der Waals surface area contributed by atoms with Gasteiger partial charge in [0.15, 0.2) is 6.10 Å². The number of carbonyl (C=O) groups excluding carboxylic acids is 3. The second-order valence-electron chi connectivity index (χ2n) is 17.1. The summed E-state index contributed by atoms with van der Waals surface area (Å²) in [6.07, 6.45) is 53.3. The van der Waals surface area contributed by atoms with Crippen molar-refractivity contribution in [3.8, 4) is 0 Å². The van der Waals surface area contributed by atoms with Crippen LogP contribution in [0.3, 0.4) is 0 Å². The van der Waals surface area contributed by atoms with Crippen molar-refractivity contribution in [3.05, 3.63) is 24.3 Å². The van der Waals surface area contributed by atoms with Crippen molar-refractivity contribution in [3.63, 3.8) is 0 Å². The summed E-state index contributed by atoms with van der Waals surface area (Å²) in [4.78, 5) is 37.7. The van der Waals surface area contributed by atoms with E-state index in [2.05, 4.69) is 45.1 Å². The Hall–Kier alpha value is -2.11. The smallest absolute Gasteiger partial charge is 0.306 e. The Morgan fingerprint density at radius 1 is 0.328 bits per heavy atom. The molecule has 0 aliphatic carbocycles. The van der Waals surface area contributed by atoms with E-state index in [1.807, 2.05) is 0 Å². The summed E-state index contributed by atoms with van der Waals surface area (Å²) in [7, 11) is 0. The molecule has 340 valence electrons. The van der Waals surface area contributed by atoms with Crippen LogP contribution in [0.5, 0.6) is 0 Å². The van der Waals surface area contributed by atoms with Gasteiger partial charge >= 0.3 is 17.9 Å². The maximum Gasteiger partial charge on any atom is 0.306 e. The molecule has 1 unspecified atom stereocenters. The van der Waals surface area contributed by atoms with Crippen LogP contribution in [0.15, 0.2) is 24.3 Å². The first-order valence-corrected chi connectivity index (χ1v) is 25.3. The quantitative estimate of drug-likeness (QED) is 0.0263. The van der Waals surface area contributed by atoms with Crippen LogP contribution in [0.4, 0.5) is 0 Å². The van der Waals surface area contributed by atoms with Crippen LogP contribution in [0.1, 0.15) is 271 Å². The van der Waals surface area contributed by atoms with Gasteiger partial charge in [-0.15, -0.1) is 0 Å². The fourth-order valence-corrected chi connectivity index (χ4v) is 7.31. The van der Waals surface area contributed by atoms with Gasteiger partial charge in [-0.2, -0.15) is 0 Å². The predicted molar refractivity (Wildman–Crippen MR) is 247 cm³/mol. The van der Waals surface area contributed by atoms with Gasteiger partial charge in [0.25, 0.3) is 0 Å². The summed E-state index contributed by atoms with van der Waals surface area (Å²) in [5.41, 5.74) is 0. The Labute approximate surface area is 360 Å². The van der Waals surface area contributed by atoms with Crippen LogP contribution < -0.4 is 0 Å². The molecule has 0 fully saturated rings. The van der Waals surface area contributed by atoms with E-state index >= 15 is 0 Å². The lowest BCUT2D eigenvalue weighted by Gasteiger charge is -2.18. The predicted octanol–water partition coefficient (Wildman–Crippen LogP) is 16.4. The standard InChI is InChI=1S/C52H96O6/c1-4-7-10-13-16-18-20-22-23-24-25-26-27-28-29-31-32-34-36-39-42-45-51(54)57-48-49(47-56-50(53)44-41-38-15-12-9-6-3)58-52(55)46-43-40-37-35-33-30-21-19-17-14-11-8-5-2/h19,21,24-25,49H,4-18,20,22-23,26-48H2,1-3H3/b21-19-,25-24-. The van der Waals surface area contributed by atoms with Gasteiger partial charge < -0.3 is 14.2 Å². The third kappa shape index (κ3) is 45.0. The molecule has 0 spiro atoms. The van der Waals surface area contributed by atoms with Crippen molar-refractivity contribution in [1.82, 2.24) is 0 Å². The summed E-state index contributed by atoms with van der Waals surface area (Å²) < 4.78 is 16.7. The number of rotatable bonds is 46.